The van der Waals surface area contributed by atoms with Gasteiger partial charge in [0.15, 0.2) is 0 Å². The van der Waals surface area contributed by atoms with E-state index in [1.807, 2.05) is 19.1 Å². The highest BCUT2D eigenvalue weighted by atomic mass is 32.2. The van der Waals surface area contributed by atoms with Gasteiger partial charge in [0.1, 0.15) is 5.75 Å². The lowest BCUT2D eigenvalue weighted by atomic mass is 10.1. The van der Waals surface area contributed by atoms with Gasteiger partial charge >= 0.3 is 0 Å². The molecule has 0 aliphatic rings. The zero-order chi connectivity index (χ0) is 21.0. The van der Waals surface area contributed by atoms with Crippen LogP contribution in [0.15, 0.2) is 71.6 Å². The third-order valence-electron chi connectivity index (χ3n) is 4.40. The number of benzene rings is 3. The summed E-state index contributed by atoms with van der Waals surface area (Å²) in [5.74, 6) is 0.0181. The summed E-state index contributed by atoms with van der Waals surface area (Å²) in [4.78, 5) is 12.6. The van der Waals surface area contributed by atoms with Gasteiger partial charge in [0.05, 0.1) is 17.7 Å². The second-order valence-electron chi connectivity index (χ2n) is 6.61. The summed E-state index contributed by atoms with van der Waals surface area (Å²) in [6.07, 6.45) is 0. The standard InChI is InChI=1S/C22H22N2O4S/c1-15-8-12-18(13-9-15)23-22(25)17-11-10-16(2)21(14-17)29(26,27)24-19-6-4-5-7-20(19)28-3/h4-14,24H,1-3H3,(H,23,25). The second-order valence-corrected chi connectivity index (χ2v) is 8.26. The van der Waals surface area contributed by atoms with Gasteiger partial charge in [0, 0.05) is 11.3 Å². The monoisotopic (exact) mass is 410 g/mol. The highest BCUT2D eigenvalue weighted by Gasteiger charge is 2.21. The van der Waals surface area contributed by atoms with Crippen molar-refractivity contribution in [2.75, 3.05) is 17.1 Å². The van der Waals surface area contributed by atoms with E-state index in [1.165, 1.54) is 13.2 Å². The Morgan fingerprint density at radius 3 is 2.31 bits per heavy atom. The van der Waals surface area contributed by atoms with Crippen molar-refractivity contribution in [3.63, 3.8) is 0 Å². The van der Waals surface area contributed by atoms with Gasteiger partial charge < -0.3 is 10.1 Å². The molecule has 0 aliphatic heterocycles. The van der Waals surface area contributed by atoms with Crippen LogP contribution < -0.4 is 14.8 Å². The molecule has 2 N–H and O–H groups in total. The Morgan fingerprint density at radius 1 is 0.931 bits per heavy atom. The molecule has 0 saturated carbocycles. The molecule has 3 aromatic carbocycles. The molecular formula is C22H22N2O4S. The van der Waals surface area contributed by atoms with Crippen molar-refractivity contribution < 1.29 is 17.9 Å². The minimum Gasteiger partial charge on any atom is -0.495 e. The van der Waals surface area contributed by atoms with E-state index in [0.717, 1.165) is 5.56 Å². The van der Waals surface area contributed by atoms with Crippen molar-refractivity contribution in [3.8, 4) is 5.75 Å². The molecule has 0 fully saturated rings. The SMILES string of the molecule is COc1ccccc1NS(=O)(=O)c1cc(C(=O)Nc2ccc(C)cc2)ccc1C. The number of methoxy groups -OCH3 is 1. The molecule has 0 aliphatic carbocycles. The fraction of sp³-hybridized carbons (Fsp3) is 0.136. The number of rotatable bonds is 6. The van der Waals surface area contributed by atoms with Crippen LogP contribution in [-0.2, 0) is 10.0 Å². The van der Waals surface area contributed by atoms with Crippen molar-refractivity contribution in [2.45, 2.75) is 18.7 Å². The molecular weight excluding hydrogens is 388 g/mol. The topological polar surface area (TPSA) is 84.5 Å². The maximum atomic E-state index is 13.0. The quantitative estimate of drug-likeness (QED) is 0.632. The number of nitrogens with one attached hydrogen (secondary N) is 2. The Morgan fingerprint density at radius 2 is 1.62 bits per heavy atom. The van der Waals surface area contributed by atoms with Crippen molar-refractivity contribution in [3.05, 3.63) is 83.4 Å². The van der Waals surface area contributed by atoms with Crippen LogP contribution in [0.3, 0.4) is 0 Å². The summed E-state index contributed by atoms with van der Waals surface area (Å²) in [6, 6.07) is 18.7. The average molecular weight is 410 g/mol. The number of amides is 1. The third kappa shape index (κ3) is 4.75. The van der Waals surface area contributed by atoms with E-state index < -0.39 is 10.0 Å². The van der Waals surface area contributed by atoms with Crippen LogP contribution in [0.1, 0.15) is 21.5 Å². The highest BCUT2D eigenvalue weighted by Crippen LogP contribution is 2.27. The number of para-hydroxylation sites is 2. The summed E-state index contributed by atoms with van der Waals surface area (Å²) in [7, 11) is -2.45. The summed E-state index contributed by atoms with van der Waals surface area (Å²) >= 11 is 0. The zero-order valence-electron chi connectivity index (χ0n) is 16.4. The van der Waals surface area contributed by atoms with Gasteiger partial charge in [-0.3, -0.25) is 9.52 Å². The van der Waals surface area contributed by atoms with E-state index in [9.17, 15) is 13.2 Å². The molecule has 7 heteroatoms. The predicted octanol–water partition coefficient (Wildman–Crippen LogP) is 4.37. The normalized spacial score (nSPS) is 11.0. The Balaban J connectivity index is 1.89. The second kappa shape index (κ2) is 8.36. The molecule has 3 aromatic rings. The number of hydrogen-bond acceptors (Lipinski definition) is 4. The average Bonchev–Trinajstić information content (AvgIpc) is 2.70. The van der Waals surface area contributed by atoms with Crippen LogP contribution in [0.2, 0.25) is 0 Å². The van der Waals surface area contributed by atoms with Gasteiger partial charge in [-0.2, -0.15) is 0 Å². The molecule has 150 valence electrons. The lowest BCUT2D eigenvalue weighted by Crippen LogP contribution is -2.17. The van der Waals surface area contributed by atoms with Crippen molar-refractivity contribution in [1.82, 2.24) is 0 Å². The molecule has 1 amide bonds. The first-order chi connectivity index (χ1) is 13.8. The Labute approximate surface area is 170 Å². The van der Waals surface area contributed by atoms with Gasteiger partial charge in [-0.15, -0.1) is 0 Å². The lowest BCUT2D eigenvalue weighted by molar-refractivity contribution is 0.102. The molecule has 6 nitrogen and oxygen atoms in total. The minimum atomic E-state index is -3.92. The van der Waals surface area contributed by atoms with Crippen LogP contribution in [0.5, 0.6) is 5.75 Å². The third-order valence-corrected chi connectivity index (χ3v) is 5.91. The molecule has 0 atom stereocenters. The van der Waals surface area contributed by atoms with Crippen molar-refractivity contribution in [1.29, 1.82) is 0 Å². The van der Waals surface area contributed by atoms with Gasteiger partial charge in [-0.25, -0.2) is 8.42 Å². The first-order valence-corrected chi connectivity index (χ1v) is 10.4. The van der Waals surface area contributed by atoms with Crippen LogP contribution in [0.25, 0.3) is 0 Å². The van der Waals surface area contributed by atoms with E-state index in [4.69, 9.17) is 4.74 Å². The summed E-state index contributed by atoms with van der Waals surface area (Å²) in [6.45, 7) is 3.63. The van der Waals surface area contributed by atoms with Gasteiger partial charge in [0.25, 0.3) is 15.9 Å². The number of carbonyl (C=O) groups is 1. The molecule has 0 radical (unpaired) electrons. The summed E-state index contributed by atoms with van der Waals surface area (Å²) in [5.41, 5.74) is 2.81. The number of aryl methyl sites for hydroxylation is 2. The summed E-state index contributed by atoms with van der Waals surface area (Å²) in [5, 5.41) is 2.78. The van der Waals surface area contributed by atoms with E-state index in [1.54, 1.807) is 55.5 Å². The molecule has 0 bridgehead atoms. The summed E-state index contributed by atoms with van der Waals surface area (Å²) < 4.78 is 33.7. The van der Waals surface area contributed by atoms with Gasteiger partial charge in [0.2, 0.25) is 0 Å². The molecule has 0 heterocycles. The number of sulfonamides is 1. The smallest absolute Gasteiger partial charge is 0.262 e. The maximum Gasteiger partial charge on any atom is 0.262 e. The number of anilines is 2. The first kappa shape index (κ1) is 20.4. The van der Waals surface area contributed by atoms with E-state index in [2.05, 4.69) is 10.0 Å². The Kier molecular flexibility index (Phi) is 5.89. The molecule has 3 rings (SSSR count). The number of carbonyl (C=O) groups excluding carboxylic acids is 1. The number of ether oxygens (including phenoxy) is 1. The Hall–Kier alpha value is -3.32. The molecule has 0 saturated heterocycles. The number of hydrogen-bond donors (Lipinski definition) is 2. The molecule has 29 heavy (non-hydrogen) atoms. The van der Waals surface area contributed by atoms with Crippen LogP contribution in [0, 0.1) is 13.8 Å². The highest BCUT2D eigenvalue weighted by molar-refractivity contribution is 7.92. The first-order valence-electron chi connectivity index (χ1n) is 8.94. The van der Waals surface area contributed by atoms with E-state index >= 15 is 0 Å². The van der Waals surface area contributed by atoms with Crippen LogP contribution in [0.4, 0.5) is 11.4 Å². The zero-order valence-corrected chi connectivity index (χ0v) is 17.2. The molecule has 0 unspecified atom stereocenters. The minimum absolute atomic E-state index is 0.0277. The largest absolute Gasteiger partial charge is 0.495 e. The van der Waals surface area contributed by atoms with E-state index in [-0.39, 0.29) is 16.4 Å². The Bertz CT molecular complexity index is 1140. The maximum absolute atomic E-state index is 13.0. The van der Waals surface area contributed by atoms with Crippen molar-refractivity contribution >= 4 is 27.3 Å². The fourth-order valence-corrected chi connectivity index (χ4v) is 4.14. The predicted molar refractivity (Wildman–Crippen MR) is 114 cm³/mol. The molecule has 0 aromatic heterocycles. The van der Waals surface area contributed by atoms with E-state index in [0.29, 0.717) is 22.7 Å². The van der Waals surface area contributed by atoms with Crippen LogP contribution in [-0.4, -0.2) is 21.4 Å². The van der Waals surface area contributed by atoms with Crippen LogP contribution >= 0.6 is 0 Å². The molecule has 0 spiro atoms. The van der Waals surface area contributed by atoms with Crippen molar-refractivity contribution in [2.24, 2.45) is 0 Å². The lowest BCUT2D eigenvalue weighted by Gasteiger charge is -2.14. The fourth-order valence-electron chi connectivity index (χ4n) is 2.80. The van der Waals surface area contributed by atoms with Gasteiger partial charge in [-0.05, 0) is 55.8 Å². The van der Waals surface area contributed by atoms with Gasteiger partial charge in [-0.1, -0.05) is 35.9 Å².